The molecular formula is C16H16N2. The fourth-order valence-electron chi connectivity index (χ4n) is 2.37. The quantitative estimate of drug-likeness (QED) is 0.654. The second-order valence-corrected chi connectivity index (χ2v) is 4.80. The number of hydrogen-bond acceptors (Lipinski definition) is 1. The van der Waals surface area contributed by atoms with Gasteiger partial charge in [0.2, 0.25) is 0 Å². The minimum Gasteiger partial charge on any atom is -0.303 e. The van der Waals surface area contributed by atoms with Crippen molar-refractivity contribution in [2.75, 3.05) is 0 Å². The number of aromatic nitrogens is 2. The first-order valence-corrected chi connectivity index (χ1v) is 6.30. The molecule has 0 atom stereocenters. The van der Waals surface area contributed by atoms with Gasteiger partial charge in [-0.1, -0.05) is 50.2 Å². The summed E-state index contributed by atoms with van der Waals surface area (Å²) in [5.41, 5.74) is 4.57. The molecule has 0 fully saturated rings. The maximum absolute atomic E-state index is 4.77. The predicted octanol–water partition coefficient (Wildman–Crippen LogP) is 4.12. The summed E-state index contributed by atoms with van der Waals surface area (Å²) in [6.45, 7) is 4.42. The van der Waals surface area contributed by atoms with Crippen LogP contribution in [-0.2, 0) is 0 Å². The molecule has 0 aliphatic heterocycles. The number of pyridine rings is 1. The molecule has 2 aromatic heterocycles. The molecule has 2 heteroatoms. The minimum atomic E-state index is 0.442. The number of hydrogen-bond donors (Lipinski definition) is 0. The van der Waals surface area contributed by atoms with E-state index in [0.29, 0.717) is 5.92 Å². The van der Waals surface area contributed by atoms with Crippen LogP contribution in [0.3, 0.4) is 0 Å². The molecule has 0 unspecified atom stereocenters. The molecule has 3 rings (SSSR count). The number of imidazole rings is 1. The van der Waals surface area contributed by atoms with E-state index >= 15 is 0 Å². The van der Waals surface area contributed by atoms with Crippen molar-refractivity contribution >= 4 is 5.65 Å². The van der Waals surface area contributed by atoms with Crippen LogP contribution < -0.4 is 0 Å². The maximum Gasteiger partial charge on any atom is 0.137 e. The van der Waals surface area contributed by atoms with E-state index in [1.165, 1.54) is 11.3 Å². The van der Waals surface area contributed by atoms with Crippen molar-refractivity contribution in [3.8, 4) is 11.3 Å². The number of nitrogens with zero attached hydrogens (tertiary/aromatic N) is 2. The summed E-state index contributed by atoms with van der Waals surface area (Å²) in [6, 6.07) is 16.5. The van der Waals surface area contributed by atoms with Crippen LogP contribution in [0.25, 0.3) is 16.9 Å². The molecule has 0 aliphatic carbocycles. The number of fused-ring (bicyclic) bond motifs is 1. The molecule has 0 saturated carbocycles. The normalized spacial score (nSPS) is 11.3. The highest BCUT2D eigenvalue weighted by Crippen LogP contribution is 2.29. The monoisotopic (exact) mass is 236 g/mol. The number of benzene rings is 1. The van der Waals surface area contributed by atoms with Crippen molar-refractivity contribution < 1.29 is 0 Å². The fourth-order valence-corrected chi connectivity index (χ4v) is 2.37. The van der Waals surface area contributed by atoms with Gasteiger partial charge >= 0.3 is 0 Å². The lowest BCUT2D eigenvalue weighted by atomic mass is 10.0. The molecule has 90 valence electrons. The Bertz CT molecular complexity index is 666. The second-order valence-electron chi connectivity index (χ2n) is 4.80. The third kappa shape index (κ3) is 1.70. The van der Waals surface area contributed by atoms with E-state index in [-0.39, 0.29) is 0 Å². The zero-order chi connectivity index (χ0) is 12.5. The summed E-state index contributed by atoms with van der Waals surface area (Å²) < 4.78 is 2.19. The highest BCUT2D eigenvalue weighted by Gasteiger charge is 2.15. The third-order valence-corrected chi connectivity index (χ3v) is 3.16. The van der Waals surface area contributed by atoms with E-state index in [1.807, 2.05) is 12.1 Å². The van der Waals surface area contributed by atoms with E-state index in [9.17, 15) is 0 Å². The van der Waals surface area contributed by atoms with Crippen LogP contribution in [0.5, 0.6) is 0 Å². The van der Waals surface area contributed by atoms with E-state index in [0.717, 1.165) is 11.3 Å². The molecule has 0 aliphatic rings. The van der Waals surface area contributed by atoms with Gasteiger partial charge in [-0.15, -0.1) is 0 Å². The molecule has 0 saturated heterocycles. The smallest absolute Gasteiger partial charge is 0.137 e. The lowest BCUT2D eigenvalue weighted by molar-refractivity contribution is 0.811. The van der Waals surface area contributed by atoms with Crippen molar-refractivity contribution in [1.29, 1.82) is 0 Å². The van der Waals surface area contributed by atoms with Crippen molar-refractivity contribution in [2.24, 2.45) is 0 Å². The summed E-state index contributed by atoms with van der Waals surface area (Å²) in [5.74, 6) is 0.442. The summed E-state index contributed by atoms with van der Waals surface area (Å²) >= 11 is 0. The van der Waals surface area contributed by atoms with E-state index in [2.05, 4.69) is 60.8 Å². The SMILES string of the molecule is CC(C)c1c(-c2ccccc2)nc2ccccn12. The average Bonchev–Trinajstić information content (AvgIpc) is 2.79. The maximum atomic E-state index is 4.77. The molecule has 0 radical (unpaired) electrons. The van der Waals surface area contributed by atoms with Gasteiger partial charge in [-0.2, -0.15) is 0 Å². The molecule has 0 bridgehead atoms. The Hall–Kier alpha value is -2.09. The highest BCUT2D eigenvalue weighted by molar-refractivity contribution is 5.67. The van der Waals surface area contributed by atoms with Gasteiger partial charge in [0.1, 0.15) is 5.65 Å². The zero-order valence-corrected chi connectivity index (χ0v) is 10.7. The zero-order valence-electron chi connectivity index (χ0n) is 10.7. The first-order chi connectivity index (χ1) is 8.77. The number of rotatable bonds is 2. The molecule has 3 aromatic rings. The van der Waals surface area contributed by atoms with E-state index in [4.69, 9.17) is 4.98 Å². The van der Waals surface area contributed by atoms with Crippen LogP contribution >= 0.6 is 0 Å². The molecule has 0 spiro atoms. The van der Waals surface area contributed by atoms with Crippen molar-refractivity contribution in [3.63, 3.8) is 0 Å². The molecule has 0 amide bonds. The lowest BCUT2D eigenvalue weighted by Gasteiger charge is -2.08. The van der Waals surface area contributed by atoms with Crippen LogP contribution in [0.2, 0.25) is 0 Å². The van der Waals surface area contributed by atoms with Gasteiger partial charge < -0.3 is 4.40 Å². The van der Waals surface area contributed by atoms with Gasteiger partial charge in [0.25, 0.3) is 0 Å². The summed E-state index contributed by atoms with van der Waals surface area (Å²) in [7, 11) is 0. The largest absolute Gasteiger partial charge is 0.303 e. The van der Waals surface area contributed by atoms with Crippen molar-refractivity contribution in [2.45, 2.75) is 19.8 Å². The Kier molecular flexibility index (Phi) is 2.63. The Labute approximate surface area is 107 Å². The van der Waals surface area contributed by atoms with Gasteiger partial charge in [0, 0.05) is 11.8 Å². The predicted molar refractivity (Wildman–Crippen MR) is 74.7 cm³/mol. The molecule has 18 heavy (non-hydrogen) atoms. The topological polar surface area (TPSA) is 17.3 Å². The van der Waals surface area contributed by atoms with Crippen LogP contribution in [0.4, 0.5) is 0 Å². The Morgan fingerprint density at radius 3 is 2.39 bits per heavy atom. The third-order valence-electron chi connectivity index (χ3n) is 3.16. The van der Waals surface area contributed by atoms with Crippen LogP contribution in [0.15, 0.2) is 54.7 Å². The Balaban J connectivity index is 2.32. The molecule has 0 N–H and O–H groups in total. The van der Waals surface area contributed by atoms with Crippen molar-refractivity contribution in [3.05, 3.63) is 60.4 Å². The molecule has 2 heterocycles. The molecular weight excluding hydrogens is 220 g/mol. The van der Waals surface area contributed by atoms with Crippen LogP contribution in [0, 0.1) is 0 Å². The summed E-state index contributed by atoms with van der Waals surface area (Å²) in [6.07, 6.45) is 2.09. The lowest BCUT2D eigenvalue weighted by Crippen LogP contribution is -1.96. The second kappa shape index (κ2) is 4.30. The standard InChI is InChI=1S/C16H16N2/c1-12(2)16-15(13-8-4-3-5-9-13)17-14-10-6-7-11-18(14)16/h3-12H,1-2H3. The molecule has 1 aromatic carbocycles. The molecule has 2 nitrogen and oxygen atoms in total. The van der Waals surface area contributed by atoms with Gasteiger partial charge in [-0.3, -0.25) is 0 Å². The minimum absolute atomic E-state index is 0.442. The first-order valence-electron chi connectivity index (χ1n) is 6.30. The Morgan fingerprint density at radius 1 is 0.944 bits per heavy atom. The van der Waals surface area contributed by atoms with Crippen LogP contribution in [-0.4, -0.2) is 9.38 Å². The average molecular weight is 236 g/mol. The Morgan fingerprint density at radius 2 is 1.67 bits per heavy atom. The summed E-state index contributed by atoms with van der Waals surface area (Å²) in [4.78, 5) is 4.77. The van der Waals surface area contributed by atoms with Crippen LogP contribution in [0.1, 0.15) is 25.5 Å². The van der Waals surface area contributed by atoms with Gasteiger partial charge in [-0.25, -0.2) is 4.98 Å². The van der Waals surface area contributed by atoms with E-state index < -0.39 is 0 Å². The van der Waals surface area contributed by atoms with Gasteiger partial charge in [-0.05, 0) is 18.1 Å². The summed E-state index contributed by atoms with van der Waals surface area (Å²) in [5, 5.41) is 0. The van der Waals surface area contributed by atoms with Gasteiger partial charge in [0.05, 0.1) is 11.4 Å². The highest BCUT2D eigenvalue weighted by atomic mass is 15.0. The van der Waals surface area contributed by atoms with E-state index in [1.54, 1.807) is 0 Å². The van der Waals surface area contributed by atoms with Gasteiger partial charge in [0.15, 0.2) is 0 Å². The van der Waals surface area contributed by atoms with Crippen molar-refractivity contribution in [1.82, 2.24) is 9.38 Å². The fraction of sp³-hybridized carbons (Fsp3) is 0.188. The first kappa shape index (κ1) is 11.0.